The molecule has 3 rings (SSSR count). The van der Waals surface area contributed by atoms with Gasteiger partial charge in [0.1, 0.15) is 5.75 Å². The first-order valence-electron chi connectivity index (χ1n) is 7.41. The maximum atomic E-state index is 12.4. The summed E-state index contributed by atoms with van der Waals surface area (Å²) >= 11 is 4.37. The average molecular weight is 561 g/mol. The molecule has 1 N–H and O–H groups in total. The van der Waals surface area contributed by atoms with Crippen molar-refractivity contribution in [3.63, 3.8) is 0 Å². The number of nitrogens with zero attached hydrogens (tertiary/aromatic N) is 2. The van der Waals surface area contributed by atoms with Gasteiger partial charge in [0, 0.05) is 0 Å². The van der Waals surface area contributed by atoms with E-state index in [1.807, 2.05) is 19.1 Å². The van der Waals surface area contributed by atoms with E-state index < -0.39 is 11.2 Å². The van der Waals surface area contributed by atoms with Gasteiger partial charge in [0.15, 0.2) is 0 Å². The second-order valence-corrected chi connectivity index (χ2v) is 7.41. The zero-order valence-corrected chi connectivity index (χ0v) is 17.4. The van der Waals surface area contributed by atoms with Crippen LogP contribution in [0.5, 0.6) is 5.75 Å². The van der Waals surface area contributed by atoms with Crippen molar-refractivity contribution in [3.05, 3.63) is 69.9 Å². The molecular formula is C17H13I2N3O3. The highest BCUT2D eigenvalue weighted by molar-refractivity contribution is 14.1. The normalized spacial score (nSPS) is 11.3. The van der Waals surface area contributed by atoms with E-state index in [1.165, 1.54) is 6.21 Å². The fourth-order valence-electron chi connectivity index (χ4n) is 2.32. The molecule has 0 spiro atoms. The minimum atomic E-state index is -0.574. The Morgan fingerprint density at radius 2 is 1.88 bits per heavy atom. The van der Waals surface area contributed by atoms with E-state index in [4.69, 9.17) is 4.74 Å². The molecule has 0 radical (unpaired) electrons. The second kappa shape index (κ2) is 7.68. The molecule has 25 heavy (non-hydrogen) atoms. The van der Waals surface area contributed by atoms with Crippen LogP contribution in [-0.4, -0.2) is 22.5 Å². The zero-order valence-electron chi connectivity index (χ0n) is 13.1. The number of ether oxygens (including phenoxy) is 1. The number of benzene rings is 2. The molecule has 0 atom stereocenters. The summed E-state index contributed by atoms with van der Waals surface area (Å²) in [5.74, 6) is 0.821. The van der Waals surface area contributed by atoms with Crippen LogP contribution in [0.3, 0.4) is 0 Å². The third kappa shape index (κ3) is 3.78. The van der Waals surface area contributed by atoms with E-state index in [0.717, 1.165) is 23.1 Å². The number of halogens is 2. The van der Waals surface area contributed by atoms with E-state index in [1.54, 1.807) is 24.3 Å². The van der Waals surface area contributed by atoms with Crippen molar-refractivity contribution >= 4 is 62.3 Å². The molecule has 0 unspecified atom stereocenters. The van der Waals surface area contributed by atoms with Gasteiger partial charge in [0.25, 0.3) is 5.56 Å². The number of H-pyrrole nitrogens is 1. The van der Waals surface area contributed by atoms with E-state index in [9.17, 15) is 9.59 Å². The van der Waals surface area contributed by atoms with Crippen LogP contribution in [0.4, 0.5) is 0 Å². The number of hydrogen-bond acceptors (Lipinski definition) is 4. The lowest BCUT2D eigenvalue weighted by molar-refractivity contribution is 0.335. The Bertz CT molecular complexity index is 1060. The standard InChI is InChI=1S/C17H13I2N3O3/c1-2-25-15-12(18)7-10(8-13(15)19)9-20-22-16(23)11-5-3-4-6-14(11)21-17(22)24/h3-9H,2H2,1H3,(H,21,24). The highest BCUT2D eigenvalue weighted by atomic mass is 127. The molecule has 0 saturated carbocycles. The summed E-state index contributed by atoms with van der Waals surface area (Å²) in [6.45, 7) is 2.52. The number of hydrogen-bond donors (Lipinski definition) is 1. The second-order valence-electron chi connectivity index (χ2n) is 5.08. The molecule has 3 aromatic rings. The molecule has 128 valence electrons. The lowest BCUT2D eigenvalue weighted by Crippen LogP contribution is -2.32. The molecular weight excluding hydrogens is 548 g/mol. The summed E-state index contributed by atoms with van der Waals surface area (Å²) in [5, 5.41) is 4.48. The van der Waals surface area contributed by atoms with Gasteiger partial charge in [0.05, 0.1) is 30.9 Å². The summed E-state index contributed by atoms with van der Waals surface area (Å²) in [7, 11) is 0. The van der Waals surface area contributed by atoms with Crippen LogP contribution >= 0.6 is 45.2 Å². The number of para-hydroxylation sites is 1. The highest BCUT2D eigenvalue weighted by Crippen LogP contribution is 2.28. The van der Waals surface area contributed by atoms with Crippen LogP contribution in [0.2, 0.25) is 0 Å². The highest BCUT2D eigenvalue weighted by Gasteiger charge is 2.09. The lowest BCUT2D eigenvalue weighted by Gasteiger charge is -2.09. The first-order valence-corrected chi connectivity index (χ1v) is 9.57. The summed E-state index contributed by atoms with van der Waals surface area (Å²) in [4.78, 5) is 27.2. The molecule has 0 bridgehead atoms. The quantitative estimate of drug-likeness (QED) is 0.393. The van der Waals surface area contributed by atoms with E-state index in [2.05, 4.69) is 55.3 Å². The monoisotopic (exact) mass is 561 g/mol. The van der Waals surface area contributed by atoms with Crippen molar-refractivity contribution in [2.24, 2.45) is 5.10 Å². The Hall–Kier alpha value is -1.69. The van der Waals surface area contributed by atoms with Crippen LogP contribution in [0.15, 0.2) is 51.1 Å². The van der Waals surface area contributed by atoms with E-state index in [0.29, 0.717) is 17.5 Å². The minimum Gasteiger partial charge on any atom is -0.492 e. The maximum Gasteiger partial charge on any atom is 0.349 e. The molecule has 0 saturated heterocycles. The van der Waals surface area contributed by atoms with Gasteiger partial charge in [-0.2, -0.15) is 5.10 Å². The van der Waals surface area contributed by atoms with Crippen LogP contribution in [-0.2, 0) is 0 Å². The van der Waals surface area contributed by atoms with Gasteiger partial charge in [-0.25, -0.2) is 4.79 Å². The van der Waals surface area contributed by atoms with Crippen molar-refractivity contribution in [2.45, 2.75) is 6.92 Å². The van der Waals surface area contributed by atoms with Gasteiger partial charge >= 0.3 is 5.69 Å². The third-order valence-corrected chi connectivity index (χ3v) is 5.02. The minimum absolute atomic E-state index is 0.412. The summed E-state index contributed by atoms with van der Waals surface area (Å²) in [5.41, 5.74) is 0.243. The fourth-order valence-corrected chi connectivity index (χ4v) is 4.45. The Morgan fingerprint density at radius 3 is 2.56 bits per heavy atom. The van der Waals surface area contributed by atoms with Crippen molar-refractivity contribution < 1.29 is 4.74 Å². The Kier molecular flexibility index (Phi) is 5.57. The number of nitrogens with one attached hydrogen (secondary N) is 1. The smallest absolute Gasteiger partial charge is 0.349 e. The molecule has 0 amide bonds. The van der Waals surface area contributed by atoms with Gasteiger partial charge in [-0.1, -0.05) is 12.1 Å². The molecule has 8 heteroatoms. The Balaban J connectivity index is 2.05. The van der Waals surface area contributed by atoms with Crippen molar-refractivity contribution in [2.75, 3.05) is 6.61 Å². The predicted molar refractivity (Wildman–Crippen MR) is 115 cm³/mol. The molecule has 2 aromatic carbocycles. The maximum absolute atomic E-state index is 12.4. The number of fused-ring (bicyclic) bond motifs is 1. The van der Waals surface area contributed by atoms with Crippen molar-refractivity contribution in [1.82, 2.24) is 9.66 Å². The number of aromatic nitrogens is 2. The van der Waals surface area contributed by atoms with Crippen LogP contribution in [0.1, 0.15) is 12.5 Å². The Morgan fingerprint density at radius 1 is 1.20 bits per heavy atom. The topological polar surface area (TPSA) is 76.5 Å². The third-order valence-electron chi connectivity index (χ3n) is 3.42. The van der Waals surface area contributed by atoms with Crippen LogP contribution in [0.25, 0.3) is 10.9 Å². The van der Waals surface area contributed by atoms with Gasteiger partial charge in [-0.15, -0.1) is 4.68 Å². The first-order chi connectivity index (χ1) is 12.0. The average Bonchev–Trinajstić information content (AvgIpc) is 2.58. The Labute approximate surface area is 170 Å². The molecule has 0 fully saturated rings. The van der Waals surface area contributed by atoms with Gasteiger partial charge < -0.3 is 9.72 Å². The van der Waals surface area contributed by atoms with Crippen molar-refractivity contribution in [3.8, 4) is 5.75 Å². The summed E-state index contributed by atoms with van der Waals surface area (Å²) in [6.07, 6.45) is 1.49. The molecule has 0 aliphatic carbocycles. The van der Waals surface area contributed by atoms with Crippen LogP contribution in [0, 0.1) is 7.14 Å². The SMILES string of the molecule is CCOc1c(I)cc(C=Nn2c(=O)[nH]c3ccccc3c2=O)cc1I. The van der Waals surface area contributed by atoms with Crippen molar-refractivity contribution in [1.29, 1.82) is 0 Å². The fraction of sp³-hybridized carbons (Fsp3) is 0.118. The molecule has 0 aliphatic rings. The molecule has 0 aliphatic heterocycles. The molecule has 1 aromatic heterocycles. The summed E-state index contributed by atoms with van der Waals surface area (Å²) < 4.78 is 8.31. The number of aromatic amines is 1. The largest absolute Gasteiger partial charge is 0.492 e. The van der Waals surface area contributed by atoms with Gasteiger partial charge in [-0.3, -0.25) is 4.79 Å². The van der Waals surface area contributed by atoms with Gasteiger partial charge in [-0.05, 0) is 81.9 Å². The van der Waals surface area contributed by atoms with Gasteiger partial charge in [0.2, 0.25) is 0 Å². The lowest BCUT2D eigenvalue weighted by atomic mass is 10.2. The van der Waals surface area contributed by atoms with Crippen LogP contribution < -0.4 is 16.0 Å². The summed E-state index contributed by atoms with van der Waals surface area (Å²) in [6, 6.07) is 10.6. The zero-order chi connectivity index (χ0) is 18.0. The van der Waals surface area contributed by atoms with E-state index >= 15 is 0 Å². The predicted octanol–water partition coefficient (Wildman–Crippen LogP) is 3.18. The first kappa shape index (κ1) is 18.1. The molecule has 1 heterocycles. The van der Waals surface area contributed by atoms with E-state index in [-0.39, 0.29) is 0 Å². The number of rotatable bonds is 4. The molecule has 6 nitrogen and oxygen atoms in total.